The topological polar surface area (TPSA) is 87.9 Å². The number of ether oxygens (including phenoxy) is 3. The van der Waals surface area contributed by atoms with Gasteiger partial charge in [0.1, 0.15) is 22.8 Å². The predicted molar refractivity (Wildman–Crippen MR) is 112 cm³/mol. The summed E-state index contributed by atoms with van der Waals surface area (Å²) in [5.41, 5.74) is 2.64. The molecule has 7 nitrogen and oxygen atoms in total. The van der Waals surface area contributed by atoms with Crippen LogP contribution in [0.25, 0.3) is 22.6 Å². The van der Waals surface area contributed by atoms with Crippen LogP contribution in [-0.4, -0.2) is 37.9 Å². The molecule has 0 aliphatic heterocycles. The third-order valence-corrected chi connectivity index (χ3v) is 5.34. The van der Waals surface area contributed by atoms with Gasteiger partial charge >= 0.3 is 0 Å². The fourth-order valence-electron chi connectivity index (χ4n) is 3.86. The van der Waals surface area contributed by atoms with Crippen molar-refractivity contribution in [2.45, 2.75) is 0 Å². The van der Waals surface area contributed by atoms with Gasteiger partial charge in [0.25, 0.3) is 0 Å². The summed E-state index contributed by atoms with van der Waals surface area (Å²) in [7, 11) is 4.37. The molecular formula is C24H17NO6. The van der Waals surface area contributed by atoms with Crippen molar-refractivity contribution in [3.8, 4) is 28.7 Å². The monoisotopic (exact) mass is 415 g/mol. The third kappa shape index (κ3) is 2.78. The molecule has 0 atom stereocenters. The lowest BCUT2D eigenvalue weighted by Gasteiger charge is -2.22. The summed E-state index contributed by atoms with van der Waals surface area (Å²) in [6.07, 6.45) is 0. The zero-order valence-corrected chi connectivity index (χ0v) is 17.0. The van der Waals surface area contributed by atoms with Gasteiger partial charge in [-0.2, -0.15) is 0 Å². The van der Waals surface area contributed by atoms with Gasteiger partial charge in [-0.1, -0.05) is 12.1 Å². The SMILES string of the molecule is COc1cc(OC)c2c(c1)C(=O)c1cc(-c3nc4ccccc4o3)cc(OC)c1C2=O. The summed E-state index contributed by atoms with van der Waals surface area (Å²) in [6.45, 7) is 0. The average Bonchev–Trinajstić information content (AvgIpc) is 3.25. The van der Waals surface area contributed by atoms with Crippen LogP contribution in [0.4, 0.5) is 0 Å². The van der Waals surface area contributed by atoms with Crippen LogP contribution in [-0.2, 0) is 0 Å². The van der Waals surface area contributed by atoms with E-state index in [1.807, 2.05) is 24.3 Å². The lowest BCUT2D eigenvalue weighted by Crippen LogP contribution is -2.23. The van der Waals surface area contributed by atoms with Crippen LogP contribution in [0.3, 0.4) is 0 Å². The minimum atomic E-state index is -0.356. The number of hydrogen-bond donors (Lipinski definition) is 0. The molecule has 4 aromatic rings. The number of hydrogen-bond acceptors (Lipinski definition) is 7. The van der Waals surface area contributed by atoms with Crippen molar-refractivity contribution in [3.63, 3.8) is 0 Å². The molecule has 3 aromatic carbocycles. The van der Waals surface area contributed by atoms with Crippen LogP contribution in [0.2, 0.25) is 0 Å². The molecule has 0 radical (unpaired) electrons. The second-order valence-electron chi connectivity index (χ2n) is 7.00. The molecule has 0 bridgehead atoms. The molecule has 0 saturated heterocycles. The van der Waals surface area contributed by atoms with Crippen LogP contribution >= 0.6 is 0 Å². The maximum absolute atomic E-state index is 13.4. The van der Waals surface area contributed by atoms with E-state index < -0.39 is 0 Å². The van der Waals surface area contributed by atoms with Gasteiger partial charge in [0, 0.05) is 22.8 Å². The van der Waals surface area contributed by atoms with E-state index in [-0.39, 0.29) is 45.3 Å². The molecule has 1 heterocycles. The van der Waals surface area contributed by atoms with Crippen LogP contribution in [0.15, 0.2) is 52.9 Å². The normalized spacial score (nSPS) is 12.5. The number of rotatable bonds is 4. The quantitative estimate of drug-likeness (QED) is 0.432. The van der Waals surface area contributed by atoms with Gasteiger partial charge in [-0.05, 0) is 30.3 Å². The Morgan fingerprint density at radius 1 is 0.774 bits per heavy atom. The molecule has 0 fully saturated rings. The number of aromatic nitrogens is 1. The molecule has 5 rings (SSSR count). The Morgan fingerprint density at radius 2 is 1.45 bits per heavy atom. The lowest BCUT2D eigenvalue weighted by atomic mass is 9.82. The predicted octanol–water partition coefficient (Wildman–Crippen LogP) is 4.30. The van der Waals surface area contributed by atoms with E-state index in [1.54, 1.807) is 24.3 Å². The van der Waals surface area contributed by atoms with Gasteiger partial charge < -0.3 is 18.6 Å². The number of nitrogens with zero attached hydrogens (tertiary/aromatic N) is 1. The highest BCUT2D eigenvalue weighted by atomic mass is 16.5. The number of carbonyl (C=O) groups excluding carboxylic acids is 2. The number of methoxy groups -OCH3 is 3. The summed E-state index contributed by atoms with van der Waals surface area (Å²) < 4.78 is 22.0. The summed E-state index contributed by atoms with van der Waals surface area (Å²) in [6, 6.07) is 13.7. The third-order valence-electron chi connectivity index (χ3n) is 5.34. The molecule has 0 spiro atoms. The first-order chi connectivity index (χ1) is 15.0. The first kappa shape index (κ1) is 18.9. The van der Waals surface area contributed by atoms with Crippen LogP contribution in [0.1, 0.15) is 31.8 Å². The van der Waals surface area contributed by atoms with E-state index in [0.717, 1.165) is 0 Å². The Balaban J connectivity index is 1.74. The maximum Gasteiger partial charge on any atom is 0.227 e. The zero-order valence-electron chi connectivity index (χ0n) is 17.0. The molecule has 1 aliphatic rings. The Hall–Kier alpha value is -4.13. The molecule has 31 heavy (non-hydrogen) atoms. The fourth-order valence-corrected chi connectivity index (χ4v) is 3.86. The molecule has 0 unspecified atom stereocenters. The van der Waals surface area contributed by atoms with E-state index in [2.05, 4.69) is 4.98 Å². The average molecular weight is 415 g/mol. The maximum atomic E-state index is 13.4. The van der Waals surface area contributed by atoms with Gasteiger partial charge in [-0.3, -0.25) is 9.59 Å². The van der Waals surface area contributed by atoms with Gasteiger partial charge in [0.05, 0.1) is 32.5 Å². The fraction of sp³-hybridized carbons (Fsp3) is 0.125. The van der Waals surface area contributed by atoms with E-state index in [4.69, 9.17) is 18.6 Å². The van der Waals surface area contributed by atoms with Crippen LogP contribution in [0.5, 0.6) is 17.2 Å². The standard InChI is InChI=1S/C24H17NO6/c1-28-13-10-15-21(19(11-13)30-3)23(27)20-14(22(15)26)8-12(9-18(20)29-2)24-25-16-6-4-5-7-17(16)31-24/h4-11H,1-3H3. The van der Waals surface area contributed by atoms with Gasteiger partial charge in [0.15, 0.2) is 11.4 Å². The number of fused-ring (bicyclic) bond motifs is 3. The molecule has 1 aromatic heterocycles. The number of ketones is 2. The lowest BCUT2D eigenvalue weighted by molar-refractivity contribution is 0.0973. The van der Waals surface area contributed by atoms with Crippen molar-refractivity contribution < 1.29 is 28.2 Å². The van der Waals surface area contributed by atoms with Gasteiger partial charge in [0.2, 0.25) is 11.7 Å². The van der Waals surface area contributed by atoms with Gasteiger partial charge in [-0.25, -0.2) is 4.98 Å². The van der Waals surface area contributed by atoms with Crippen LogP contribution < -0.4 is 14.2 Å². The van der Waals surface area contributed by atoms with Crippen molar-refractivity contribution in [3.05, 3.63) is 70.8 Å². The van der Waals surface area contributed by atoms with Crippen molar-refractivity contribution in [1.82, 2.24) is 4.98 Å². The number of para-hydroxylation sites is 2. The number of carbonyl (C=O) groups is 2. The molecule has 0 N–H and O–H groups in total. The number of benzene rings is 3. The minimum absolute atomic E-state index is 0.184. The van der Waals surface area contributed by atoms with Crippen molar-refractivity contribution in [1.29, 1.82) is 0 Å². The first-order valence-corrected chi connectivity index (χ1v) is 9.49. The molecule has 154 valence electrons. The highest BCUT2D eigenvalue weighted by Crippen LogP contribution is 2.41. The minimum Gasteiger partial charge on any atom is -0.497 e. The first-order valence-electron chi connectivity index (χ1n) is 9.49. The van der Waals surface area contributed by atoms with Crippen molar-refractivity contribution in [2.75, 3.05) is 21.3 Å². The van der Waals surface area contributed by atoms with Crippen LogP contribution in [0, 0.1) is 0 Å². The summed E-state index contributed by atoms with van der Waals surface area (Å²) in [5, 5.41) is 0. The van der Waals surface area contributed by atoms with E-state index in [1.165, 1.54) is 21.3 Å². The smallest absolute Gasteiger partial charge is 0.227 e. The molecule has 7 heteroatoms. The van der Waals surface area contributed by atoms with E-state index in [9.17, 15) is 9.59 Å². The molecule has 0 saturated carbocycles. The van der Waals surface area contributed by atoms with Crippen molar-refractivity contribution >= 4 is 22.7 Å². The van der Waals surface area contributed by atoms with Gasteiger partial charge in [-0.15, -0.1) is 0 Å². The number of oxazole rings is 1. The second-order valence-corrected chi connectivity index (χ2v) is 7.00. The highest BCUT2D eigenvalue weighted by Gasteiger charge is 2.36. The van der Waals surface area contributed by atoms with Crippen molar-refractivity contribution in [2.24, 2.45) is 0 Å². The van der Waals surface area contributed by atoms with E-state index >= 15 is 0 Å². The highest BCUT2D eigenvalue weighted by molar-refractivity contribution is 6.30. The Kier molecular flexibility index (Phi) is 4.25. The summed E-state index contributed by atoms with van der Waals surface area (Å²) in [5.74, 6) is 0.585. The van der Waals surface area contributed by atoms with E-state index in [0.29, 0.717) is 28.3 Å². The molecule has 1 aliphatic carbocycles. The Bertz CT molecular complexity index is 1350. The molecular weight excluding hydrogens is 398 g/mol. The second kappa shape index (κ2) is 6.98. The summed E-state index contributed by atoms with van der Waals surface area (Å²) >= 11 is 0. The largest absolute Gasteiger partial charge is 0.497 e. The Labute approximate surface area is 177 Å². The summed E-state index contributed by atoms with van der Waals surface area (Å²) in [4.78, 5) is 31.3. The zero-order chi connectivity index (χ0) is 21.7. The molecule has 0 amide bonds. The Morgan fingerprint density at radius 3 is 2.13 bits per heavy atom.